The van der Waals surface area contributed by atoms with Gasteiger partial charge < -0.3 is 19.3 Å². The van der Waals surface area contributed by atoms with Crippen molar-refractivity contribution in [2.24, 2.45) is 5.92 Å². The Hall–Kier alpha value is -2.71. The maximum absolute atomic E-state index is 12.0. The summed E-state index contributed by atoms with van der Waals surface area (Å²) in [5, 5.41) is 10.6. The van der Waals surface area contributed by atoms with Crippen LogP contribution >= 0.6 is 22.9 Å². The molecule has 3 aromatic rings. The summed E-state index contributed by atoms with van der Waals surface area (Å²) < 4.78 is 17.4. The zero-order valence-corrected chi connectivity index (χ0v) is 21.9. The van der Waals surface area contributed by atoms with Crippen molar-refractivity contribution in [3.05, 3.63) is 81.7 Å². The second kappa shape index (κ2) is 11.6. The summed E-state index contributed by atoms with van der Waals surface area (Å²) >= 11 is 8.28. The minimum Gasteiger partial charge on any atom is -0.458 e. The molecule has 5 atom stereocenters. The summed E-state index contributed by atoms with van der Waals surface area (Å²) in [5.74, 6) is -1.39. The Labute approximate surface area is 219 Å². The van der Waals surface area contributed by atoms with Crippen LogP contribution in [0, 0.1) is 5.92 Å². The van der Waals surface area contributed by atoms with Crippen LogP contribution in [0.25, 0.3) is 10.4 Å². The van der Waals surface area contributed by atoms with Gasteiger partial charge in [0.15, 0.2) is 6.10 Å². The van der Waals surface area contributed by atoms with E-state index in [0.29, 0.717) is 11.4 Å². The summed E-state index contributed by atoms with van der Waals surface area (Å²) in [5.41, 5.74) is 2.78. The van der Waals surface area contributed by atoms with Gasteiger partial charge in [-0.2, -0.15) is 0 Å². The van der Waals surface area contributed by atoms with Crippen LogP contribution in [0.4, 0.5) is 0 Å². The van der Waals surface area contributed by atoms with Crippen LogP contribution in [0.3, 0.4) is 0 Å². The number of carbonyl (C=O) groups is 2. The molecule has 3 unspecified atom stereocenters. The van der Waals surface area contributed by atoms with Crippen molar-refractivity contribution >= 4 is 34.9 Å². The molecule has 0 spiro atoms. The number of benzene rings is 2. The van der Waals surface area contributed by atoms with E-state index in [-0.39, 0.29) is 12.5 Å². The number of hydrogen-bond donors (Lipinski definition) is 1. The fourth-order valence-corrected chi connectivity index (χ4v) is 5.78. The second-order valence-corrected chi connectivity index (χ2v) is 10.5. The monoisotopic (exact) mass is 528 g/mol. The third-order valence-corrected chi connectivity index (χ3v) is 7.82. The van der Waals surface area contributed by atoms with Gasteiger partial charge in [-0.25, -0.2) is 0 Å². The van der Waals surface area contributed by atoms with E-state index in [4.69, 9.17) is 25.8 Å². The van der Waals surface area contributed by atoms with Crippen molar-refractivity contribution in [2.45, 2.75) is 51.6 Å². The van der Waals surface area contributed by atoms with Crippen LogP contribution in [-0.2, 0) is 30.2 Å². The average molecular weight is 529 g/mol. The number of aliphatic hydroxyl groups is 1. The van der Waals surface area contributed by atoms with E-state index in [0.717, 1.165) is 21.6 Å². The molecule has 0 amide bonds. The number of esters is 2. The molecule has 2 heterocycles. The average Bonchev–Trinajstić information content (AvgIpc) is 3.32. The maximum atomic E-state index is 12.0. The lowest BCUT2D eigenvalue weighted by atomic mass is 9.85. The van der Waals surface area contributed by atoms with Crippen LogP contribution in [0.15, 0.2) is 60.7 Å². The quantitative estimate of drug-likeness (QED) is 0.402. The summed E-state index contributed by atoms with van der Waals surface area (Å²) in [6.45, 7) is 4.15. The number of rotatable bonds is 7. The first-order valence-electron chi connectivity index (χ1n) is 11.8. The van der Waals surface area contributed by atoms with Gasteiger partial charge in [-0.1, -0.05) is 61.0 Å². The Kier molecular flexibility index (Phi) is 8.46. The largest absolute Gasteiger partial charge is 0.458 e. The van der Waals surface area contributed by atoms with Crippen molar-refractivity contribution < 1.29 is 28.9 Å². The number of ether oxygens (including phenoxy) is 3. The summed E-state index contributed by atoms with van der Waals surface area (Å²) in [7, 11) is 0. The van der Waals surface area contributed by atoms with E-state index in [1.807, 2.05) is 30.3 Å². The zero-order chi connectivity index (χ0) is 25.8. The SMILES string of the molecule is CC(=O)OC1[C@H](C)C(CO)OC(c2ccc(Cl)c(Cc3ccc(-c4ccccc4)s3)c2)[C@@H]1OC(C)=O. The van der Waals surface area contributed by atoms with E-state index in [9.17, 15) is 14.7 Å². The predicted molar refractivity (Wildman–Crippen MR) is 139 cm³/mol. The van der Waals surface area contributed by atoms with Gasteiger partial charge >= 0.3 is 11.9 Å². The van der Waals surface area contributed by atoms with Crippen LogP contribution in [0.5, 0.6) is 0 Å². The van der Waals surface area contributed by atoms with Crippen molar-refractivity contribution in [1.82, 2.24) is 0 Å². The molecule has 2 aromatic carbocycles. The molecule has 1 fully saturated rings. The van der Waals surface area contributed by atoms with Gasteiger partial charge in [0.05, 0.1) is 12.7 Å². The molecular weight excluding hydrogens is 500 g/mol. The molecular formula is C28H29ClO6S. The van der Waals surface area contributed by atoms with E-state index < -0.39 is 36.4 Å². The third kappa shape index (κ3) is 5.98. The molecule has 190 valence electrons. The molecule has 1 aliphatic heterocycles. The number of carbonyl (C=O) groups excluding carboxylic acids is 2. The smallest absolute Gasteiger partial charge is 0.303 e. The summed E-state index contributed by atoms with van der Waals surface area (Å²) in [6.07, 6.45) is -2.37. The first-order chi connectivity index (χ1) is 17.3. The highest BCUT2D eigenvalue weighted by Crippen LogP contribution is 2.40. The molecule has 1 aromatic heterocycles. The zero-order valence-electron chi connectivity index (χ0n) is 20.3. The summed E-state index contributed by atoms with van der Waals surface area (Å²) in [6, 6.07) is 19.9. The van der Waals surface area contributed by atoms with Crippen LogP contribution in [0.1, 0.15) is 42.9 Å². The van der Waals surface area contributed by atoms with Gasteiger partial charge in [-0.15, -0.1) is 11.3 Å². The van der Waals surface area contributed by atoms with Gasteiger partial charge in [0.2, 0.25) is 0 Å². The van der Waals surface area contributed by atoms with Crippen molar-refractivity contribution in [1.29, 1.82) is 0 Å². The lowest BCUT2D eigenvalue weighted by Gasteiger charge is -2.44. The topological polar surface area (TPSA) is 82.1 Å². The van der Waals surface area contributed by atoms with E-state index >= 15 is 0 Å². The molecule has 0 saturated carbocycles. The van der Waals surface area contributed by atoms with Crippen LogP contribution < -0.4 is 0 Å². The van der Waals surface area contributed by atoms with Crippen LogP contribution in [0.2, 0.25) is 5.02 Å². The first-order valence-corrected chi connectivity index (χ1v) is 13.0. The van der Waals surface area contributed by atoms with E-state index in [1.165, 1.54) is 18.7 Å². The van der Waals surface area contributed by atoms with Crippen molar-refractivity contribution in [3.63, 3.8) is 0 Å². The fraction of sp³-hybridized carbons (Fsp3) is 0.357. The second-order valence-electron chi connectivity index (χ2n) is 8.94. The van der Waals surface area contributed by atoms with Gasteiger partial charge in [-0.3, -0.25) is 9.59 Å². The molecule has 6 nitrogen and oxygen atoms in total. The highest BCUT2D eigenvalue weighted by molar-refractivity contribution is 7.15. The minimum atomic E-state index is -0.871. The minimum absolute atomic E-state index is 0.264. The summed E-state index contributed by atoms with van der Waals surface area (Å²) in [4.78, 5) is 26.1. The predicted octanol–water partition coefficient (Wildman–Crippen LogP) is 5.59. The Morgan fingerprint density at radius 3 is 2.36 bits per heavy atom. The highest BCUT2D eigenvalue weighted by Gasteiger charge is 2.48. The Bertz CT molecular complexity index is 1210. The molecule has 0 aliphatic carbocycles. The van der Waals surface area contributed by atoms with E-state index in [1.54, 1.807) is 24.3 Å². The Balaban J connectivity index is 1.65. The Morgan fingerprint density at radius 1 is 1.00 bits per heavy atom. The molecule has 36 heavy (non-hydrogen) atoms. The highest BCUT2D eigenvalue weighted by atomic mass is 35.5. The fourth-order valence-electron chi connectivity index (χ4n) is 4.56. The molecule has 0 radical (unpaired) electrons. The number of aliphatic hydroxyl groups excluding tert-OH is 1. The number of halogens is 1. The van der Waals surface area contributed by atoms with Gasteiger partial charge in [0.1, 0.15) is 12.2 Å². The van der Waals surface area contributed by atoms with Crippen molar-refractivity contribution in [3.8, 4) is 10.4 Å². The normalized spacial score (nSPS) is 23.8. The lowest BCUT2D eigenvalue weighted by molar-refractivity contribution is -0.230. The van der Waals surface area contributed by atoms with Gasteiger partial charge in [0.25, 0.3) is 0 Å². The van der Waals surface area contributed by atoms with Gasteiger partial charge in [-0.05, 0) is 34.9 Å². The molecule has 1 saturated heterocycles. The molecule has 8 heteroatoms. The molecule has 4 rings (SSSR count). The first kappa shape index (κ1) is 26.4. The maximum Gasteiger partial charge on any atom is 0.303 e. The standard InChI is InChI=1S/C28H29ClO6S/c1-16-24(15-30)35-27(28(34-18(3)32)26(16)33-17(2)31)20-9-11-23(29)21(13-20)14-22-10-12-25(36-22)19-7-5-4-6-8-19/h4-13,16,24,26-28,30H,14-15H2,1-3H3/t16-,24?,26?,27?,28-/m1/s1. The molecule has 1 aliphatic rings. The third-order valence-electron chi connectivity index (χ3n) is 6.32. The number of thiophene rings is 1. The van der Waals surface area contributed by atoms with Gasteiger partial charge in [0, 0.05) is 41.0 Å². The molecule has 0 bridgehead atoms. The molecule has 1 N–H and O–H groups in total. The van der Waals surface area contributed by atoms with E-state index in [2.05, 4.69) is 24.3 Å². The van der Waals surface area contributed by atoms with Crippen molar-refractivity contribution in [2.75, 3.05) is 6.61 Å². The van der Waals surface area contributed by atoms with Crippen LogP contribution in [-0.4, -0.2) is 42.0 Å². The Morgan fingerprint density at radius 2 is 1.69 bits per heavy atom. The lowest BCUT2D eigenvalue weighted by Crippen LogP contribution is -2.54. The number of hydrogen-bond acceptors (Lipinski definition) is 7.